The van der Waals surface area contributed by atoms with Gasteiger partial charge in [-0.25, -0.2) is 9.13 Å². The first kappa shape index (κ1) is 19.4. The van der Waals surface area contributed by atoms with E-state index in [0.717, 1.165) is 0 Å². The van der Waals surface area contributed by atoms with Gasteiger partial charge in [-0.1, -0.05) is 12.1 Å². The highest BCUT2D eigenvalue weighted by Gasteiger charge is 2.00. The molecule has 0 aromatic heterocycles. The van der Waals surface area contributed by atoms with Crippen molar-refractivity contribution in [3.05, 3.63) is 24.3 Å². The van der Waals surface area contributed by atoms with Gasteiger partial charge in [0.15, 0.2) is 11.5 Å². The van der Waals surface area contributed by atoms with Gasteiger partial charge in [-0.05, 0) is 12.1 Å². The molecular formula is C6H12O10P2. The van der Waals surface area contributed by atoms with Crippen LogP contribution in [0.5, 0.6) is 11.5 Å². The zero-order valence-corrected chi connectivity index (χ0v) is 10.4. The summed E-state index contributed by atoms with van der Waals surface area (Å²) in [5.74, 6) is -0.153. The fourth-order valence-electron chi connectivity index (χ4n) is 0.464. The first-order chi connectivity index (χ1) is 7.80. The van der Waals surface area contributed by atoms with Crippen LogP contribution in [0, 0.1) is 0 Å². The maximum Gasteiger partial charge on any atom is 0.466 e. The van der Waals surface area contributed by atoms with Gasteiger partial charge in [-0.15, -0.1) is 0 Å². The van der Waals surface area contributed by atoms with Crippen molar-refractivity contribution in [2.24, 2.45) is 0 Å². The van der Waals surface area contributed by atoms with Gasteiger partial charge < -0.3 is 39.6 Å². The molecule has 1 aromatic rings. The fraction of sp³-hybridized carbons (Fsp3) is 0. The summed E-state index contributed by atoms with van der Waals surface area (Å²) in [5.41, 5.74) is 0. The highest BCUT2D eigenvalue weighted by atomic mass is 31.2. The number of phosphoric acid groups is 2. The molecule has 0 aliphatic heterocycles. The molecule has 0 aliphatic carbocycles. The summed E-state index contributed by atoms with van der Waals surface area (Å²) in [4.78, 5) is 43.1. The second kappa shape index (κ2) is 8.20. The molecule has 0 radical (unpaired) electrons. The molecule has 0 heterocycles. The quantitative estimate of drug-likeness (QED) is 0.223. The third-order valence-electron chi connectivity index (χ3n) is 0.882. The molecule has 8 N–H and O–H groups in total. The van der Waals surface area contributed by atoms with Crippen LogP contribution in [0.2, 0.25) is 0 Å². The predicted molar refractivity (Wildman–Crippen MR) is 58.3 cm³/mol. The van der Waals surface area contributed by atoms with Crippen molar-refractivity contribution in [1.82, 2.24) is 0 Å². The number of phenolic OH excluding ortho intramolecular Hbond substituents is 2. The number of para-hydroxylation sites is 2. The van der Waals surface area contributed by atoms with Crippen molar-refractivity contribution in [2.45, 2.75) is 0 Å². The van der Waals surface area contributed by atoms with Crippen LogP contribution in [0.15, 0.2) is 24.3 Å². The molecule has 0 aliphatic rings. The average molecular weight is 306 g/mol. The molecule has 0 saturated heterocycles. The van der Waals surface area contributed by atoms with Crippen molar-refractivity contribution in [1.29, 1.82) is 0 Å². The van der Waals surface area contributed by atoms with Crippen LogP contribution >= 0.6 is 15.6 Å². The number of rotatable bonds is 0. The third kappa shape index (κ3) is 29.4. The summed E-state index contributed by atoms with van der Waals surface area (Å²) in [6, 6.07) is 6.15. The van der Waals surface area contributed by atoms with E-state index in [9.17, 15) is 0 Å². The summed E-state index contributed by atoms with van der Waals surface area (Å²) in [6.07, 6.45) is 0. The number of hydrogen-bond acceptors (Lipinski definition) is 4. The van der Waals surface area contributed by atoms with Crippen LogP contribution in [0.3, 0.4) is 0 Å². The van der Waals surface area contributed by atoms with E-state index in [-0.39, 0.29) is 11.5 Å². The third-order valence-corrected chi connectivity index (χ3v) is 0.882. The minimum atomic E-state index is -4.64. The lowest BCUT2D eigenvalue weighted by atomic mass is 10.3. The van der Waals surface area contributed by atoms with E-state index in [2.05, 4.69) is 0 Å². The van der Waals surface area contributed by atoms with E-state index in [0.29, 0.717) is 0 Å². The van der Waals surface area contributed by atoms with Crippen LogP contribution in [0.4, 0.5) is 0 Å². The Kier molecular flexibility index (Phi) is 8.83. The van der Waals surface area contributed by atoms with Crippen molar-refractivity contribution in [3.63, 3.8) is 0 Å². The number of hydrogen-bond donors (Lipinski definition) is 8. The second-order valence-corrected chi connectivity index (χ2v) is 4.57. The molecule has 10 nitrogen and oxygen atoms in total. The summed E-state index contributed by atoms with van der Waals surface area (Å²) in [7, 11) is -9.28. The Labute approximate surface area is 101 Å². The van der Waals surface area contributed by atoms with Gasteiger partial charge in [-0.2, -0.15) is 0 Å². The lowest BCUT2D eigenvalue weighted by Gasteiger charge is -1.91. The van der Waals surface area contributed by atoms with Gasteiger partial charge in [0, 0.05) is 0 Å². The molecule has 0 atom stereocenters. The van der Waals surface area contributed by atoms with E-state index in [1.807, 2.05) is 0 Å². The first-order valence-corrected chi connectivity index (χ1v) is 6.97. The van der Waals surface area contributed by atoms with Crippen LogP contribution in [0.25, 0.3) is 0 Å². The monoisotopic (exact) mass is 306 g/mol. The molecular weight excluding hydrogens is 294 g/mol. The van der Waals surface area contributed by atoms with E-state index < -0.39 is 15.6 Å². The van der Waals surface area contributed by atoms with Gasteiger partial charge in [0.2, 0.25) is 0 Å². The normalized spacial score (nSPS) is 10.6. The summed E-state index contributed by atoms with van der Waals surface area (Å²) in [6.45, 7) is 0. The SMILES string of the molecule is O=P(O)(O)O.O=P(O)(O)O.Oc1ccccc1O. The Morgan fingerprint density at radius 2 is 0.833 bits per heavy atom. The van der Waals surface area contributed by atoms with Crippen molar-refractivity contribution >= 4 is 15.6 Å². The van der Waals surface area contributed by atoms with Gasteiger partial charge >= 0.3 is 15.6 Å². The maximum atomic E-state index is 8.88. The number of benzene rings is 1. The molecule has 0 unspecified atom stereocenters. The minimum absolute atomic E-state index is 0.0764. The molecule has 0 amide bonds. The predicted octanol–water partition coefficient (Wildman–Crippen LogP) is -0.759. The van der Waals surface area contributed by atoms with E-state index in [4.69, 9.17) is 48.7 Å². The average Bonchev–Trinajstić information content (AvgIpc) is 2.04. The standard InChI is InChI=1S/C6H6O2.2H3O4P/c7-5-3-1-2-4-6(5)8;2*1-5(2,3)4/h1-4,7-8H;2*(H3,1,2,3,4). The maximum absolute atomic E-state index is 8.88. The van der Waals surface area contributed by atoms with Crippen LogP contribution in [0.1, 0.15) is 0 Å². The van der Waals surface area contributed by atoms with Crippen LogP contribution in [-0.4, -0.2) is 39.6 Å². The molecule has 0 bridgehead atoms. The van der Waals surface area contributed by atoms with Crippen molar-refractivity contribution < 1.29 is 48.7 Å². The van der Waals surface area contributed by atoms with Gasteiger partial charge in [0.05, 0.1) is 0 Å². The summed E-state index contributed by atoms with van der Waals surface area (Å²) in [5, 5.41) is 17.3. The van der Waals surface area contributed by atoms with E-state index >= 15 is 0 Å². The molecule has 106 valence electrons. The molecule has 0 spiro atoms. The Balaban J connectivity index is 0. The molecule has 0 fully saturated rings. The highest BCUT2D eigenvalue weighted by Crippen LogP contribution is 2.26. The Hall–Kier alpha value is -0.960. The van der Waals surface area contributed by atoms with Gasteiger partial charge in [0.25, 0.3) is 0 Å². The molecule has 18 heavy (non-hydrogen) atoms. The van der Waals surface area contributed by atoms with Crippen LogP contribution in [-0.2, 0) is 9.13 Å². The summed E-state index contributed by atoms with van der Waals surface area (Å²) < 4.78 is 17.8. The largest absolute Gasteiger partial charge is 0.504 e. The van der Waals surface area contributed by atoms with Gasteiger partial charge in [0.1, 0.15) is 0 Å². The highest BCUT2D eigenvalue weighted by molar-refractivity contribution is 7.45. The minimum Gasteiger partial charge on any atom is -0.504 e. The topological polar surface area (TPSA) is 196 Å². The van der Waals surface area contributed by atoms with Gasteiger partial charge in [-0.3, -0.25) is 0 Å². The van der Waals surface area contributed by atoms with E-state index in [1.165, 1.54) is 12.1 Å². The van der Waals surface area contributed by atoms with Crippen LogP contribution < -0.4 is 0 Å². The fourth-order valence-corrected chi connectivity index (χ4v) is 0.464. The lowest BCUT2D eigenvalue weighted by molar-refractivity contribution is 0.272. The van der Waals surface area contributed by atoms with Crippen molar-refractivity contribution in [2.75, 3.05) is 0 Å². The Morgan fingerprint density at radius 3 is 0.944 bits per heavy atom. The Bertz CT molecular complexity index is 376. The van der Waals surface area contributed by atoms with Crippen molar-refractivity contribution in [3.8, 4) is 11.5 Å². The Morgan fingerprint density at radius 1 is 0.667 bits per heavy atom. The molecule has 1 aromatic carbocycles. The lowest BCUT2D eigenvalue weighted by Crippen LogP contribution is -1.66. The zero-order chi connectivity index (χ0) is 15.0. The summed E-state index contributed by atoms with van der Waals surface area (Å²) >= 11 is 0. The molecule has 1 rings (SSSR count). The van der Waals surface area contributed by atoms with E-state index in [1.54, 1.807) is 12.1 Å². The first-order valence-electron chi connectivity index (χ1n) is 3.84. The zero-order valence-electron chi connectivity index (χ0n) is 8.60. The molecule has 0 saturated carbocycles. The molecule has 12 heteroatoms. The number of phenols is 2. The number of aromatic hydroxyl groups is 2. The second-order valence-electron chi connectivity index (χ2n) is 2.52. The smallest absolute Gasteiger partial charge is 0.466 e.